The molecule has 0 bridgehead atoms. The average molecular weight is 133 g/mol. The lowest BCUT2D eigenvalue weighted by molar-refractivity contribution is 0.401. The summed E-state index contributed by atoms with van der Waals surface area (Å²) in [6.07, 6.45) is 0.00347. The van der Waals surface area contributed by atoms with Crippen LogP contribution in [0.3, 0.4) is 0 Å². The Labute approximate surface area is 48.7 Å². The fourth-order valence-electron chi connectivity index (χ4n) is 0.193. The van der Waals surface area contributed by atoms with Crippen LogP contribution in [0, 0.1) is 11.3 Å². The van der Waals surface area contributed by atoms with E-state index in [0.29, 0.717) is 0 Å². The third-order valence-corrected chi connectivity index (χ3v) is 2.23. The first-order chi connectivity index (χ1) is 3.62. The first-order valence-electron chi connectivity index (χ1n) is 2.11. The van der Waals surface area contributed by atoms with Crippen molar-refractivity contribution in [3.8, 4) is 6.07 Å². The summed E-state index contributed by atoms with van der Waals surface area (Å²) in [5, 5.41) is 8.03. The molecule has 0 saturated heterocycles. The third-order valence-electron chi connectivity index (χ3n) is 0.744. The van der Waals surface area contributed by atoms with Gasteiger partial charge in [0.1, 0.15) is 6.16 Å². The molecule has 0 aliphatic carbocycles. The minimum Gasteiger partial charge on any atom is -0.331 e. The quantitative estimate of drug-likeness (QED) is 0.529. The van der Waals surface area contributed by atoms with E-state index in [-0.39, 0.29) is 6.16 Å². The summed E-state index contributed by atoms with van der Waals surface area (Å²) in [5.41, 5.74) is 0. The average Bonchev–Trinajstić information content (AvgIpc) is 1.67. The standard InChI is InChI=1S/C4H8NO2P/c1-7-8(2,6)4-3-5/h4H2,1-2H3. The first-order valence-corrected chi connectivity index (χ1v) is 4.37. The molecule has 0 heterocycles. The maximum Gasteiger partial charge on any atom is 0.213 e. The molecule has 1 atom stereocenters. The highest BCUT2D eigenvalue weighted by Crippen LogP contribution is 2.39. The highest BCUT2D eigenvalue weighted by Gasteiger charge is 2.10. The third kappa shape index (κ3) is 2.79. The largest absolute Gasteiger partial charge is 0.331 e. The van der Waals surface area contributed by atoms with Crippen LogP contribution in [-0.4, -0.2) is 19.9 Å². The minimum absolute atomic E-state index is 0.00347. The SMILES string of the molecule is COP(C)(=O)CC#N. The Hall–Kier alpha value is -0.320. The lowest BCUT2D eigenvalue weighted by atomic mass is 10.9. The Kier molecular flexibility index (Phi) is 2.75. The number of hydrogen-bond acceptors (Lipinski definition) is 3. The van der Waals surface area contributed by atoms with E-state index in [0.717, 1.165) is 0 Å². The van der Waals surface area contributed by atoms with Gasteiger partial charge in [-0.2, -0.15) is 5.26 Å². The van der Waals surface area contributed by atoms with E-state index in [1.54, 1.807) is 6.07 Å². The maximum absolute atomic E-state index is 10.7. The van der Waals surface area contributed by atoms with Gasteiger partial charge in [-0.1, -0.05) is 0 Å². The number of rotatable bonds is 2. The lowest BCUT2D eigenvalue weighted by Crippen LogP contribution is -1.85. The normalized spacial score (nSPS) is 16.6. The fraction of sp³-hybridized carbons (Fsp3) is 0.750. The van der Waals surface area contributed by atoms with Crippen LogP contribution in [0.1, 0.15) is 0 Å². The Balaban J connectivity index is 3.78. The van der Waals surface area contributed by atoms with Crippen LogP contribution >= 0.6 is 7.37 Å². The second-order valence-corrected chi connectivity index (χ2v) is 4.22. The van der Waals surface area contributed by atoms with Gasteiger partial charge in [-0.15, -0.1) is 0 Å². The van der Waals surface area contributed by atoms with Gasteiger partial charge in [0.2, 0.25) is 7.37 Å². The monoisotopic (exact) mass is 133 g/mol. The summed E-state index contributed by atoms with van der Waals surface area (Å²) >= 11 is 0. The zero-order valence-corrected chi connectivity index (χ0v) is 5.81. The Morgan fingerprint density at radius 2 is 2.38 bits per heavy atom. The molecule has 3 nitrogen and oxygen atoms in total. The second-order valence-electron chi connectivity index (χ2n) is 1.51. The highest BCUT2D eigenvalue weighted by molar-refractivity contribution is 7.58. The molecule has 4 heteroatoms. The van der Waals surface area contributed by atoms with Gasteiger partial charge in [0.05, 0.1) is 6.07 Å². The Bertz CT molecular complexity index is 149. The smallest absolute Gasteiger partial charge is 0.213 e. The molecule has 0 spiro atoms. The van der Waals surface area contributed by atoms with E-state index in [4.69, 9.17) is 5.26 Å². The van der Waals surface area contributed by atoms with Gasteiger partial charge in [0, 0.05) is 13.8 Å². The van der Waals surface area contributed by atoms with Crippen molar-refractivity contribution in [3.05, 3.63) is 0 Å². The molecule has 46 valence electrons. The summed E-state index contributed by atoms with van der Waals surface area (Å²) in [5.74, 6) is 0. The molecule has 0 N–H and O–H groups in total. The molecular formula is C4H8NO2P. The summed E-state index contributed by atoms with van der Waals surface area (Å²) in [4.78, 5) is 0. The van der Waals surface area contributed by atoms with Crippen molar-refractivity contribution in [3.63, 3.8) is 0 Å². The van der Waals surface area contributed by atoms with Crippen LogP contribution in [0.5, 0.6) is 0 Å². The predicted octanol–water partition coefficient (Wildman–Crippen LogP) is 1.06. The van der Waals surface area contributed by atoms with Crippen molar-refractivity contribution in [2.24, 2.45) is 0 Å². The molecule has 8 heavy (non-hydrogen) atoms. The van der Waals surface area contributed by atoms with Crippen molar-refractivity contribution >= 4 is 7.37 Å². The van der Waals surface area contributed by atoms with Crippen LogP contribution in [0.25, 0.3) is 0 Å². The first kappa shape index (κ1) is 7.68. The van der Waals surface area contributed by atoms with Gasteiger partial charge in [0.15, 0.2) is 0 Å². The molecule has 0 aromatic heterocycles. The van der Waals surface area contributed by atoms with Gasteiger partial charge < -0.3 is 4.52 Å². The molecule has 0 amide bonds. The van der Waals surface area contributed by atoms with Crippen molar-refractivity contribution < 1.29 is 9.09 Å². The molecule has 0 fully saturated rings. The zero-order valence-electron chi connectivity index (χ0n) is 4.92. The van der Waals surface area contributed by atoms with Crippen LogP contribution in [0.15, 0.2) is 0 Å². The molecule has 0 radical (unpaired) electrons. The van der Waals surface area contributed by atoms with Crippen LogP contribution in [0.2, 0.25) is 0 Å². The van der Waals surface area contributed by atoms with E-state index in [1.807, 2.05) is 0 Å². The maximum atomic E-state index is 10.7. The molecule has 0 saturated carbocycles. The summed E-state index contributed by atoms with van der Waals surface area (Å²) < 4.78 is 15.2. The van der Waals surface area contributed by atoms with Crippen molar-refractivity contribution in [1.82, 2.24) is 0 Å². The van der Waals surface area contributed by atoms with E-state index >= 15 is 0 Å². The van der Waals surface area contributed by atoms with Gasteiger partial charge in [-0.3, -0.25) is 4.57 Å². The molecule has 1 unspecified atom stereocenters. The minimum atomic E-state index is -2.53. The molecular weight excluding hydrogens is 125 g/mol. The number of nitrogens with zero attached hydrogens (tertiary/aromatic N) is 1. The summed E-state index contributed by atoms with van der Waals surface area (Å²) in [6, 6.07) is 1.77. The second kappa shape index (κ2) is 2.86. The predicted molar refractivity (Wildman–Crippen MR) is 31.0 cm³/mol. The molecule has 0 aliphatic rings. The van der Waals surface area contributed by atoms with Gasteiger partial charge in [-0.05, 0) is 0 Å². The molecule has 0 aromatic rings. The van der Waals surface area contributed by atoms with Gasteiger partial charge in [-0.25, -0.2) is 0 Å². The highest BCUT2D eigenvalue weighted by atomic mass is 31.2. The number of hydrogen-bond donors (Lipinski definition) is 0. The lowest BCUT2D eigenvalue weighted by Gasteiger charge is -2.02. The van der Waals surface area contributed by atoms with Crippen molar-refractivity contribution in [1.29, 1.82) is 5.26 Å². The van der Waals surface area contributed by atoms with Crippen molar-refractivity contribution in [2.75, 3.05) is 19.9 Å². The van der Waals surface area contributed by atoms with Crippen molar-refractivity contribution in [2.45, 2.75) is 0 Å². The number of nitriles is 1. The van der Waals surface area contributed by atoms with E-state index in [1.165, 1.54) is 13.8 Å². The molecule has 0 aliphatic heterocycles. The Morgan fingerprint density at radius 3 is 2.50 bits per heavy atom. The van der Waals surface area contributed by atoms with E-state index in [2.05, 4.69) is 4.52 Å². The Morgan fingerprint density at radius 1 is 1.88 bits per heavy atom. The molecule has 0 rings (SSSR count). The summed E-state index contributed by atoms with van der Waals surface area (Å²) in [6.45, 7) is 1.44. The van der Waals surface area contributed by atoms with Crippen LogP contribution in [-0.2, 0) is 9.09 Å². The van der Waals surface area contributed by atoms with E-state index < -0.39 is 7.37 Å². The zero-order chi connectivity index (χ0) is 6.62. The fourth-order valence-corrected chi connectivity index (χ4v) is 0.579. The van der Waals surface area contributed by atoms with Crippen LogP contribution in [0.4, 0.5) is 0 Å². The van der Waals surface area contributed by atoms with Gasteiger partial charge in [0.25, 0.3) is 0 Å². The van der Waals surface area contributed by atoms with E-state index in [9.17, 15) is 4.57 Å². The molecule has 0 aromatic carbocycles. The van der Waals surface area contributed by atoms with Gasteiger partial charge >= 0.3 is 0 Å². The van der Waals surface area contributed by atoms with Crippen LogP contribution < -0.4 is 0 Å². The topological polar surface area (TPSA) is 50.1 Å². The summed E-state index contributed by atoms with van der Waals surface area (Å²) in [7, 11) is -1.19.